The van der Waals surface area contributed by atoms with Gasteiger partial charge in [0.05, 0.1) is 37.0 Å². The highest BCUT2D eigenvalue weighted by molar-refractivity contribution is 7.25. The Balaban J connectivity index is 0.000000248. The smallest absolute Gasteiger partial charge is 0.350 e. The van der Waals surface area contributed by atoms with Gasteiger partial charge in [0.25, 0.3) is 11.5 Å². The molecule has 0 fully saturated rings. The fourth-order valence-electron chi connectivity index (χ4n) is 4.49. The van der Waals surface area contributed by atoms with Crippen molar-refractivity contribution in [3.8, 4) is 11.4 Å². The summed E-state index contributed by atoms with van der Waals surface area (Å²) >= 11 is 2.59. The van der Waals surface area contributed by atoms with E-state index in [0.717, 1.165) is 45.6 Å². The van der Waals surface area contributed by atoms with Crippen LogP contribution in [-0.2, 0) is 9.53 Å². The number of carbonyl (C=O) groups is 2. The van der Waals surface area contributed by atoms with Crippen LogP contribution in [0.1, 0.15) is 24.0 Å². The van der Waals surface area contributed by atoms with Crippen LogP contribution in [0.2, 0.25) is 0 Å². The van der Waals surface area contributed by atoms with E-state index in [1.165, 1.54) is 47.0 Å². The summed E-state index contributed by atoms with van der Waals surface area (Å²) in [4.78, 5) is 67.5. The molecule has 0 amide bonds. The maximum absolute atomic E-state index is 13.0. The fraction of sp³-hybridized carbons (Fsp3) is 0.303. The number of fused-ring (bicyclic) bond motifs is 4. The van der Waals surface area contributed by atoms with Gasteiger partial charge in [-0.1, -0.05) is 7.43 Å². The summed E-state index contributed by atoms with van der Waals surface area (Å²) in [5, 5.41) is 8.98. The van der Waals surface area contributed by atoms with Crippen molar-refractivity contribution in [2.75, 3.05) is 66.3 Å². The Labute approximate surface area is 302 Å². The lowest BCUT2D eigenvalue weighted by Gasteiger charge is -2.12. The summed E-state index contributed by atoms with van der Waals surface area (Å²) < 4.78 is 12.1. The molecule has 0 atom stereocenters. The third kappa shape index (κ3) is 8.89. The number of benzene rings is 1. The van der Waals surface area contributed by atoms with E-state index in [-0.39, 0.29) is 13.0 Å². The highest BCUT2D eigenvalue weighted by atomic mass is 32.1. The van der Waals surface area contributed by atoms with Gasteiger partial charge in [-0.15, -0.1) is 22.7 Å². The van der Waals surface area contributed by atoms with E-state index >= 15 is 0 Å². The number of aromatic nitrogens is 6. The first kappa shape index (κ1) is 39.7. The first-order valence-corrected chi connectivity index (χ1v) is 16.3. The molecule has 1 N–H and O–H groups in total. The van der Waals surface area contributed by atoms with Crippen molar-refractivity contribution >= 4 is 88.9 Å². The molecule has 0 bridgehead atoms. The van der Waals surface area contributed by atoms with Crippen molar-refractivity contribution < 1.29 is 24.2 Å². The molecule has 0 saturated heterocycles. The van der Waals surface area contributed by atoms with Crippen molar-refractivity contribution in [2.24, 2.45) is 4.99 Å². The number of aliphatic imine (C=N–C) groups is 1. The molecule has 5 heterocycles. The average molecular weight is 737 g/mol. The van der Waals surface area contributed by atoms with E-state index in [1.54, 1.807) is 24.7 Å². The van der Waals surface area contributed by atoms with E-state index in [2.05, 4.69) is 29.9 Å². The molecule has 5 aromatic heterocycles. The van der Waals surface area contributed by atoms with E-state index in [0.29, 0.717) is 25.6 Å². The Morgan fingerprint density at radius 3 is 1.92 bits per heavy atom. The number of methoxy groups -OCH3 is 2. The summed E-state index contributed by atoms with van der Waals surface area (Å²) in [6.07, 6.45) is 6.18. The Bertz CT molecular complexity index is 2220. The summed E-state index contributed by atoms with van der Waals surface area (Å²) in [6.45, 7) is 1.08. The van der Waals surface area contributed by atoms with Crippen LogP contribution >= 0.6 is 22.7 Å². The number of aliphatic carboxylic acids is 1. The van der Waals surface area contributed by atoms with Crippen LogP contribution in [0.4, 0.5) is 17.3 Å². The molecule has 18 heteroatoms. The first-order valence-electron chi connectivity index (χ1n) is 14.7. The fourth-order valence-corrected chi connectivity index (χ4v) is 6.51. The Morgan fingerprint density at radius 1 is 0.863 bits per heavy atom. The second kappa shape index (κ2) is 17.3. The maximum Gasteiger partial charge on any atom is 0.350 e. The standard InChI is InChI=1S/C17H15N5O2S.C13H17N5O2S.C2H4O2.CH4/c1-21(2)15-12-13-14(25-16(12)19-8-18-15)17(23)22(9-20-13)10-4-6-11(24-3)7-5-10;1-17(2)7-16-9-8-11(18(3)4)14-6-15-12(8)21-10(9)13(19)20-5;1-2(3)4;/h4-9H,1-3H3;6-7H,1-5H3;1H3,(H,3,4);1H4. The largest absolute Gasteiger partial charge is 0.497 e. The third-order valence-corrected chi connectivity index (χ3v) is 8.73. The van der Waals surface area contributed by atoms with Gasteiger partial charge in [-0.05, 0) is 24.3 Å². The van der Waals surface area contributed by atoms with Crippen LogP contribution in [0.3, 0.4) is 0 Å². The van der Waals surface area contributed by atoms with E-state index in [1.807, 2.05) is 76.4 Å². The molecule has 6 aromatic rings. The number of rotatable bonds is 7. The summed E-state index contributed by atoms with van der Waals surface area (Å²) in [5.41, 5.74) is 1.79. The third-order valence-electron chi connectivity index (χ3n) is 6.59. The van der Waals surface area contributed by atoms with Crippen LogP contribution in [0, 0.1) is 0 Å². The highest BCUT2D eigenvalue weighted by Gasteiger charge is 2.23. The predicted molar refractivity (Wildman–Crippen MR) is 204 cm³/mol. The number of carboxylic acids is 1. The van der Waals surface area contributed by atoms with Crippen LogP contribution in [0.5, 0.6) is 5.75 Å². The van der Waals surface area contributed by atoms with Gasteiger partial charge in [0.2, 0.25) is 0 Å². The number of carbonyl (C=O) groups excluding carboxylic acids is 1. The molecule has 0 aliphatic rings. The molecule has 270 valence electrons. The molecular weight excluding hydrogens is 697 g/mol. The number of hydrogen-bond acceptors (Lipinski definition) is 15. The van der Waals surface area contributed by atoms with Crippen molar-refractivity contribution in [3.63, 3.8) is 0 Å². The molecule has 51 heavy (non-hydrogen) atoms. The van der Waals surface area contributed by atoms with E-state index in [4.69, 9.17) is 19.4 Å². The van der Waals surface area contributed by atoms with Crippen LogP contribution in [-0.4, -0.2) is 114 Å². The SMILES string of the molecule is C.CC(=O)O.COC(=O)c1sc2ncnc(N(C)C)c2c1N=CN(C)C.COc1ccc(-n2cnc3c(sc4ncnc(N(C)C)c43)c2=O)cc1. The summed E-state index contributed by atoms with van der Waals surface area (Å²) in [7, 11) is 14.3. The molecule has 0 radical (unpaired) electrons. The minimum absolute atomic E-state index is 0. The number of anilines is 2. The molecule has 6 rings (SSSR count). The molecule has 0 spiro atoms. The van der Waals surface area contributed by atoms with Gasteiger partial charge in [-0.3, -0.25) is 14.2 Å². The van der Waals surface area contributed by atoms with Crippen molar-refractivity contribution in [2.45, 2.75) is 14.4 Å². The van der Waals surface area contributed by atoms with Gasteiger partial charge in [0.1, 0.15) is 66.8 Å². The lowest BCUT2D eigenvalue weighted by molar-refractivity contribution is -0.134. The minimum atomic E-state index is -0.833. The quantitative estimate of drug-likeness (QED) is 0.132. The Hall–Kier alpha value is -5.75. The van der Waals surface area contributed by atoms with Crippen LogP contribution in [0.15, 0.2) is 53.0 Å². The van der Waals surface area contributed by atoms with Gasteiger partial charge in [-0.2, -0.15) is 0 Å². The van der Waals surface area contributed by atoms with Gasteiger partial charge >= 0.3 is 5.97 Å². The molecule has 0 unspecified atom stereocenters. The topological polar surface area (TPSA) is 181 Å². The number of hydrogen-bond donors (Lipinski definition) is 1. The number of ether oxygens (including phenoxy) is 2. The number of esters is 1. The predicted octanol–water partition coefficient (Wildman–Crippen LogP) is 4.96. The zero-order chi connectivity index (χ0) is 36.7. The van der Waals surface area contributed by atoms with Gasteiger partial charge in [-0.25, -0.2) is 34.7 Å². The van der Waals surface area contributed by atoms with Crippen molar-refractivity contribution in [1.82, 2.24) is 34.4 Å². The second-order valence-electron chi connectivity index (χ2n) is 10.9. The Kier molecular flexibility index (Phi) is 13.4. The normalized spacial score (nSPS) is 10.5. The maximum atomic E-state index is 13.0. The molecule has 0 saturated carbocycles. The highest BCUT2D eigenvalue weighted by Crippen LogP contribution is 2.41. The van der Waals surface area contributed by atoms with Gasteiger partial charge in [0.15, 0.2) is 0 Å². The minimum Gasteiger partial charge on any atom is -0.497 e. The van der Waals surface area contributed by atoms with E-state index < -0.39 is 11.9 Å². The number of thiophene rings is 2. The molecule has 1 aromatic carbocycles. The molecule has 16 nitrogen and oxygen atoms in total. The number of nitrogens with zero attached hydrogens (tertiary/aromatic N) is 10. The molecule has 0 aliphatic heterocycles. The van der Waals surface area contributed by atoms with Gasteiger partial charge in [0, 0.05) is 49.2 Å². The van der Waals surface area contributed by atoms with Crippen molar-refractivity contribution in [1.29, 1.82) is 0 Å². The van der Waals surface area contributed by atoms with Crippen LogP contribution < -0.4 is 20.1 Å². The lowest BCUT2D eigenvalue weighted by Crippen LogP contribution is -2.17. The molecule has 0 aliphatic carbocycles. The second-order valence-corrected chi connectivity index (χ2v) is 12.9. The van der Waals surface area contributed by atoms with E-state index in [9.17, 15) is 9.59 Å². The van der Waals surface area contributed by atoms with Gasteiger partial charge < -0.3 is 29.3 Å². The monoisotopic (exact) mass is 736 g/mol. The van der Waals surface area contributed by atoms with Crippen molar-refractivity contribution in [3.05, 3.63) is 58.5 Å². The summed E-state index contributed by atoms with van der Waals surface area (Å²) in [6, 6.07) is 7.28. The Morgan fingerprint density at radius 2 is 1.41 bits per heavy atom. The zero-order valence-electron chi connectivity index (χ0n) is 28.9. The number of carboxylic acid groups (broad SMARTS) is 1. The van der Waals surface area contributed by atoms with Crippen LogP contribution in [0.25, 0.3) is 36.3 Å². The zero-order valence-corrected chi connectivity index (χ0v) is 30.5. The first-order chi connectivity index (χ1) is 23.8. The molecular formula is C33H40N10O6S2. The average Bonchev–Trinajstić information content (AvgIpc) is 3.66. The summed E-state index contributed by atoms with van der Waals surface area (Å²) in [5.74, 6) is 0.954. The lowest BCUT2D eigenvalue weighted by atomic mass is 10.2.